The number of rotatable bonds is 9. The maximum Gasteiger partial charge on any atom is 0.460 e. The van der Waals surface area contributed by atoms with Crippen molar-refractivity contribution >= 4 is 33.2 Å². The van der Waals surface area contributed by atoms with Crippen molar-refractivity contribution in [2.75, 3.05) is 0 Å². The number of hydrogen-bond acceptors (Lipinski definition) is 4. The van der Waals surface area contributed by atoms with Gasteiger partial charge in [-0.3, -0.25) is 0 Å². The van der Waals surface area contributed by atoms with Crippen LogP contribution < -0.4 is 20.1 Å². The Kier molecular flexibility index (Phi) is 8.27. The second-order valence-electron chi connectivity index (χ2n) is 9.06. The van der Waals surface area contributed by atoms with E-state index in [9.17, 15) is 52.5 Å². The summed E-state index contributed by atoms with van der Waals surface area (Å²) in [6.07, 6.45) is -7.20. The Balaban J connectivity index is 1.67. The van der Waals surface area contributed by atoms with E-state index in [1.807, 2.05) is 0 Å². The normalized spacial score (nSPS) is 13.5. The van der Waals surface area contributed by atoms with E-state index in [0.29, 0.717) is 22.0 Å². The van der Waals surface area contributed by atoms with E-state index in [0.717, 1.165) is 12.1 Å². The zero-order valence-corrected chi connectivity index (χ0v) is 23.0. The Labute approximate surface area is 239 Å². The molecule has 0 spiro atoms. The van der Waals surface area contributed by atoms with E-state index >= 15 is 0 Å². The first kappa shape index (κ1) is 32.2. The molecule has 15 heteroatoms. The van der Waals surface area contributed by atoms with E-state index in [4.69, 9.17) is 0 Å². The maximum absolute atomic E-state index is 14.4. The van der Waals surface area contributed by atoms with Gasteiger partial charge in [0.25, 0.3) is 0 Å². The fraction of sp³-hybridized carbons (Fsp3) is 0.143. The molecule has 0 unspecified atom stereocenters. The first-order chi connectivity index (χ1) is 19.9. The number of alkyl halides is 9. The summed E-state index contributed by atoms with van der Waals surface area (Å²) in [6.45, 7) is 0. The van der Waals surface area contributed by atoms with Gasteiger partial charge in [0.05, 0.1) is 0 Å². The third kappa shape index (κ3) is 5.53. The van der Waals surface area contributed by atoms with E-state index in [1.165, 1.54) is 30.3 Å². The zero-order chi connectivity index (χ0) is 31.9. The Bertz CT molecular complexity index is 1700. The molecule has 228 valence electrons. The van der Waals surface area contributed by atoms with Gasteiger partial charge in [0.1, 0.15) is 5.75 Å². The molecule has 0 N–H and O–H groups in total. The highest BCUT2D eigenvalue weighted by Crippen LogP contribution is 2.55. The summed E-state index contributed by atoms with van der Waals surface area (Å²) in [4.78, 5) is 0. The van der Waals surface area contributed by atoms with Crippen LogP contribution in [-0.4, -0.2) is 31.7 Å². The fourth-order valence-electron chi connectivity index (χ4n) is 4.01. The Hall–Kier alpha value is -3.77. The van der Waals surface area contributed by atoms with E-state index in [1.54, 1.807) is 60.7 Å². The molecule has 0 amide bonds. The molecule has 0 saturated carbocycles. The molecule has 0 aromatic heterocycles. The van der Waals surface area contributed by atoms with Gasteiger partial charge in [-0.25, -0.2) is 0 Å². The quantitative estimate of drug-likeness (QED) is 0.110. The fourth-order valence-corrected chi connectivity index (χ4v) is 7.56. The van der Waals surface area contributed by atoms with Crippen LogP contribution in [0.4, 0.5) is 39.5 Å². The van der Waals surface area contributed by atoms with Crippen molar-refractivity contribution in [3.8, 4) is 16.9 Å². The summed E-state index contributed by atoms with van der Waals surface area (Å²) < 4.78 is 161. The molecule has 4 aromatic rings. The van der Waals surface area contributed by atoms with Gasteiger partial charge < -0.3 is 8.75 Å². The van der Waals surface area contributed by atoms with Crippen molar-refractivity contribution in [2.45, 2.75) is 23.3 Å². The minimum absolute atomic E-state index is 0.0456. The average Bonchev–Trinajstić information content (AvgIpc) is 2.97. The standard InChI is InChI=1S/C28H18F9O4PS/c29-25(30,27(33,34)35)26(31,32)28(36,37)43(39,40)41-21-9-7-8-20(18-21)19-14-16-24(17-15-19)42(38,22-10-3-1-4-11-22)23-12-5-2-6-13-23/h1-18H. The summed E-state index contributed by atoms with van der Waals surface area (Å²) >= 11 is 0. The molecule has 4 rings (SSSR count). The highest BCUT2D eigenvalue weighted by atomic mass is 32.2. The first-order valence-corrected chi connectivity index (χ1v) is 15.0. The molecule has 43 heavy (non-hydrogen) atoms. The molecule has 0 atom stereocenters. The topological polar surface area (TPSA) is 60.4 Å². The van der Waals surface area contributed by atoms with Gasteiger partial charge in [-0.15, -0.1) is 0 Å². The smallest absolute Gasteiger partial charge is 0.378 e. The average molecular weight is 652 g/mol. The van der Waals surface area contributed by atoms with E-state index < -0.39 is 46.3 Å². The molecule has 0 aliphatic carbocycles. The molecule has 0 aliphatic rings. The lowest BCUT2D eigenvalue weighted by Gasteiger charge is -2.32. The van der Waals surface area contributed by atoms with Gasteiger partial charge in [0.2, 0.25) is 0 Å². The van der Waals surface area contributed by atoms with Crippen molar-refractivity contribution in [3.05, 3.63) is 109 Å². The van der Waals surface area contributed by atoms with Crippen molar-refractivity contribution in [3.63, 3.8) is 0 Å². The molecule has 0 saturated heterocycles. The largest absolute Gasteiger partial charge is 0.460 e. The SMILES string of the molecule is O=P(c1ccccc1)(c1ccccc1)c1ccc(-c2cccc(OS(=O)(=O)C(F)(F)C(F)(F)C(F)(F)C(F)(F)F)c2)cc1. The van der Waals surface area contributed by atoms with Gasteiger partial charge in [0.15, 0.2) is 7.14 Å². The molecule has 0 radical (unpaired) electrons. The molecule has 4 nitrogen and oxygen atoms in total. The van der Waals surface area contributed by atoms with Crippen molar-refractivity contribution in [2.24, 2.45) is 0 Å². The summed E-state index contributed by atoms with van der Waals surface area (Å²) in [7, 11) is -10.5. The highest BCUT2D eigenvalue weighted by molar-refractivity contribution is 7.88. The monoisotopic (exact) mass is 652 g/mol. The van der Waals surface area contributed by atoms with Gasteiger partial charge in [0, 0.05) is 15.9 Å². The lowest BCUT2D eigenvalue weighted by molar-refractivity contribution is -0.382. The maximum atomic E-state index is 14.4. The van der Waals surface area contributed by atoms with E-state index in [-0.39, 0.29) is 11.1 Å². The summed E-state index contributed by atoms with van der Waals surface area (Å²) in [5.74, 6) is -15.9. The van der Waals surface area contributed by atoms with Crippen LogP contribution in [-0.2, 0) is 14.7 Å². The molecular weight excluding hydrogens is 634 g/mol. The Morgan fingerprint density at radius 1 is 0.535 bits per heavy atom. The van der Waals surface area contributed by atoms with Gasteiger partial charge >= 0.3 is 33.4 Å². The molecule has 4 aromatic carbocycles. The van der Waals surface area contributed by atoms with E-state index in [2.05, 4.69) is 4.18 Å². The third-order valence-corrected chi connectivity index (χ3v) is 10.6. The minimum Gasteiger partial charge on any atom is -0.378 e. The molecule has 0 aliphatic heterocycles. The van der Waals surface area contributed by atoms with Gasteiger partial charge in [-0.2, -0.15) is 47.9 Å². The highest BCUT2D eigenvalue weighted by Gasteiger charge is 2.86. The summed E-state index contributed by atoms with van der Waals surface area (Å²) in [5.41, 5.74) is 0.309. The summed E-state index contributed by atoms with van der Waals surface area (Å²) in [6, 6.07) is 26.7. The second-order valence-corrected chi connectivity index (χ2v) is 13.4. The predicted octanol–water partition coefficient (Wildman–Crippen LogP) is 7.13. The molecule has 0 heterocycles. The van der Waals surface area contributed by atoms with Crippen molar-refractivity contribution < 1.29 is 56.7 Å². The minimum atomic E-state index is -7.42. The van der Waals surface area contributed by atoms with Gasteiger partial charge in [-0.05, 0) is 23.3 Å². The van der Waals surface area contributed by atoms with Crippen LogP contribution in [0.1, 0.15) is 0 Å². The Morgan fingerprint density at radius 3 is 1.47 bits per heavy atom. The number of benzene rings is 4. The van der Waals surface area contributed by atoms with Crippen LogP contribution in [0, 0.1) is 0 Å². The van der Waals surface area contributed by atoms with Crippen LogP contribution >= 0.6 is 7.14 Å². The van der Waals surface area contributed by atoms with Crippen LogP contribution in [0.2, 0.25) is 0 Å². The van der Waals surface area contributed by atoms with Crippen LogP contribution in [0.15, 0.2) is 109 Å². The predicted molar refractivity (Wildman–Crippen MR) is 142 cm³/mol. The third-order valence-electron chi connectivity index (χ3n) is 6.27. The first-order valence-electron chi connectivity index (χ1n) is 11.9. The van der Waals surface area contributed by atoms with Crippen LogP contribution in [0.5, 0.6) is 5.75 Å². The lowest BCUT2D eigenvalue weighted by Crippen LogP contribution is -2.63. The number of hydrogen-bond donors (Lipinski definition) is 0. The Morgan fingerprint density at radius 2 is 1.00 bits per heavy atom. The van der Waals surface area contributed by atoms with Crippen LogP contribution in [0.3, 0.4) is 0 Å². The van der Waals surface area contributed by atoms with Gasteiger partial charge in [-0.1, -0.05) is 97.1 Å². The zero-order valence-electron chi connectivity index (χ0n) is 21.3. The van der Waals surface area contributed by atoms with Crippen molar-refractivity contribution in [1.29, 1.82) is 0 Å². The molecular formula is C28H18F9O4PS. The molecule has 0 fully saturated rings. The second kappa shape index (κ2) is 11.1. The molecule has 0 bridgehead atoms. The number of halogens is 9. The van der Waals surface area contributed by atoms with Crippen molar-refractivity contribution in [1.82, 2.24) is 0 Å². The lowest BCUT2D eigenvalue weighted by atomic mass is 10.1. The summed E-state index contributed by atoms with van der Waals surface area (Å²) in [5, 5.41) is -5.57. The van der Waals surface area contributed by atoms with Crippen LogP contribution in [0.25, 0.3) is 11.1 Å².